The lowest BCUT2D eigenvalue weighted by Gasteiger charge is -2.40. The van der Waals surface area contributed by atoms with Crippen molar-refractivity contribution < 1.29 is 9.15 Å². The molecule has 298 valence electrons. The van der Waals surface area contributed by atoms with E-state index in [0.717, 1.165) is 61.3 Å². The van der Waals surface area contributed by atoms with Crippen LogP contribution in [-0.2, 0) is 5.41 Å². The van der Waals surface area contributed by atoms with Crippen LogP contribution in [0.2, 0.25) is 0 Å². The van der Waals surface area contributed by atoms with Gasteiger partial charge in [0.15, 0.2) is 5.58 Å². The van der Waals surface area contributed by atoms with Crippen molar-refractivity contribution in [2.75, 3.05) is 4.90 Å². The Hall–Kier alpha value is -7.79. The van der Waals surface area contributed by atoms with Crippen LogP contribution in [0.25, 0.3) is 56.0 Å². The van der Waals surface area contributed by atoms with E-state index in [1.54, 1.807) is 6.08 Å². The van der Waals surface area contributed by atoms with E-state index in [1.807, 2.05) is 48.2 Å². The molecule has 0 bridgehead atoms. The van der Waals surface area contributed by atoms with Crippen molar-refractivity contribution in [2.45, 2.75) is 15.2 Å². The fraction of sp³-hybridized carbons (Fsp3) is 0.0169. The first-order chi connectivity index (χ1) is 31.1. The summed E-state index contributed by atoms with van der Waals surface area (Å²) in [5.41, 5.74) is 15.8. The van der Waals surface area contributed by atoms with Gasteiger partial charge in [-0.05, 0) is 99.1 Å². The molecule has 2 heterocycles. The molecular formula is C59H39NO2S. The van der Waals surface area contributed by atoms with E-state index in [2.05, 4.69) is 188 Å². The Labute approximate surface area is 370 Å². The molecule has 1 aliphatic heterocycles. The van der Waals surface area contributed by atoms with Gasteiger partial charge in [0.2, 0.25) is 0 Å². The predicted octanol–water partition coefficient (Wildman–Crippen LogP) is 16.2. The molecule has 0 unspecified atom stereocenters. The zero-order chi connectivity index (χ0) is 42.1. The standard InChI is InChI=1S/C59H39NO2S/c1-3-39-17-7-14-26-54(39)61-38(2)42-35-48-47-22-10-15-27-55(47)62-58(48)53(36-42)60(43-31-29-41(30-32-43)40-18-5-4-6-19-40)44-33-34-52-57(37-44)63-56-28-16-13-25-51(56)59(52)49-23-11-8-20-45(49)46-21-9-12-24-50(46)59/h3-37H,1-2H2. The van der Waals surface area contributed by atoms with Gasteiger partial charge in [-0.25, -0.2) is 0 Å². The number of furan rings is 1. The van der Waals surface area contributed by atoms with Gasteiger partial charge in [0.1, 0.15) is 17.1 Å². The van der Waals surface area contributed by atoms with Crippen LogP contribution >= 0.6 is 11.8 Å². The number of fused-ring (bicyclic) bond motifs is 12. The lowest BCUT2D eigenvalue weighted by Crippen LogP contribution is -2.32. The molecule has 0 amide bonds. The first-order valence-corrected chi connectivity index (χ1v) is 22.0. The molecule has 0 saturated heterocycles. The summed E-state index contributed by atoms with van der Waals surface area (Å²) in [5.74, 6) is 1.22. The third-order valence-electron chi connectivity index (χ3n) is 12.7. The van der Waals surface area contributed by atoms with Crippen LogP contribution in [0.5, 0.6) is 5.75 Å². The van der Waals surface area contributed by atoms with E-state index in [-0.39, 0.29) is 0 Å². The molecule has 63 heavy (non-hydrogen) atoms. The fourth-order valence-electron chi connectivity index (χ4n) is 9.92. The minimum absolute atomic E-state index is 0.478. The molecule has 0 fully saturated rings. The Morgan fingerprint density at radius 3 is 1.94 bits per heavy atom. The maximum atomic E-state index is 6.87. The number of para-hydroxylation sites is 2. The average molecular weight is 826 g/mol. The number of ether oxygens (including phenoxy) is 1. The Bertz CT molecular complexity index is 3410. The number of hydrogen-bond donors (Lipinski definition) is 0. The zero-order valence-electron chi connectivity index (χ0n) is 34.3. The quantitative estimate of drug-likeness (QED) is 0.143. The van der Waals surface area contributed by atoms with Gasteiger partial charge in [0, 0.05) is 43.1 Å². The minimum atomic E-state index is -0.478. The van der Waals surface area contributed by atoms with Crippen LogP contribution in [0.15, 0.2) is 234 Å². The van der Waals surface area contributed by atoms with Gasteiger partial charge in [-0.15, -0.1) is 0 Å². The molecule has 0 atom stereocenters. The highest BCUT2D eigenvalue weighted by Crippen LogP contribution is 2.62. The van der Waals surface area contributed by atoms with Gasteiger partial charge >= 0.3 is 0 Å². The van der Waals surface area contributed by atoms with E-state index in [9.17, 15) is 0 Å². The van der Waals surface area contributed by atoms with Crippen LogP contribution in [0.1, 0.15) is 33.4 Å². The molecule has 1 spiro atoms. The average Bonchev–Trinajstić information content (AvgIpc) is 3.86. The van der Waals surface area contributed by atoms with Crippen molar-refractivity contribution in [3.8, 4) is 28.0 Å². The highest BCUT2D eigenvalue weighted by Gasteiger charge is 2.50. The van der Waals surface area contributed by atoms with Gasteiger partial charge in [0.25, 0.3) is 0 Å². The van der Waals surface area contributed by atoms with Crippen molar-refractivity contribution in [3.63, 3.8) is 0 Å². The third-order valence-corrected chi connectivity index (χ3v) is 13.9. The molecule has 1 aromatic heterocycles. The highest BCUT2D eigenvalue weighted by atomic mass is 32.2. The van der Waals surface area contributed by atoms with E-state index >= 15 is 0 Å². The summed E-state index contributed by atoms with van der Waals surface area (Å²) in [7, 11) is 0. The maximum absolute atomic E-state index is 6.87. The maximum Gasteiger partial charge on any atom is 0.159 e. The molecule has 2 aliphatic rings. The summed E-state index contributed by atoms with van der Waals surface area (Å²) in [5, 5.41) is 2.00. The van der Waals surface area contributed by atoms with Gasteiger partial charge in [-0.1, -0.05) is 183 Å². The number of rotatable bonds is 8. The van der Waals surface area contributed by atoms with E-state index in [1.165, 1.54) is 43.2 Å². The van der Waals surface area contributed by atoms with Crippen LogP contribution in [0.4, 0.5) is 17.1 Å². The van der Waals surface area contributed by atoms with Crippen molar-refractivity contribution in [2.24, 2.45) is 0 Å². The fourth-order valence-corrected chi connectivity index (χ4v) is 11.1. The van der Waals surface area contributed by atoms with Crippen LogP contribution in [0, 0.1) is 0 Å². The molecule has 0 radical (unpaired) electrons. The molecular weight excluding hydrogens is 787 g/mol. The van der Waals surface area contributed by atoms with E-state index in [4.69, 9.17) is 9.15 Å². The molecule has 1 aliphatic carbocycles. The number of nitrogens with zero attached hydrogens (tertiary/aromatic N) is 1. The lowest BCUT2D eigenvalue weighted by atomic mass is 9.67. The van der Waals surface area contributed by atoms with Crippen molar-refractivity contribution >= 4 is 62.6 Å². The SMILES string of the molecule is C=Cc1ccccc1OC(=C)c1cc(N(c2ccc(-c3ccccc3)cc2)c2ccc3c(c2)Sc2ccccc2C32c3ccccc3-c3ccccc32)c2oc3ccccc3c2c1. The van der Waals surface area contributed by atoms with E-state index in [0.29, 0.717) is 11.5 Å². The first-order valence-electron chi connectivity index (χ1n) is 21.2. The Morgan fingerprint density at radius 2 is 1.16 bits per heavy atom. The zero-order valence-corrected chi connectivity index (χ0v) is 35.1. The predicted molar refractivity (Wildman–Crippen MR) is 261 cm³/mol. The summed E-state index contributed by atoms with van der Waals surface area (Å²) < 4.78 is 13.4. The summed E-state index contributed by atoms with van der Waals surface area (Å²) in [6.07, 6.45) is 1.81. The van der Waals surface area contributed by atoms with Gasteiger partial charge in [0.05, 0.1) is 11.1 Å². The Balaban J connectivity index is 1.10. The van der Waals surface area contributed by atoms with Crippen LogP contribution in [0.3, 0.4) is 0 Å². The van der Waals surface area contributed by atoms with E-state index < -0.39 is 5.41 Å². The minimum Gasteiger partial charge on any atom is -0.457 e. The second-order valence-electron chi connectivity index (χ2n) is 16.1. The van der Waals surface area contributed by atoms with Gasteiger partial charge in [-0.2, -0.15) is 0 Å². The molecule has 4 heteroatoms. The number of anilines is 3. The number of benzene rings is 9. The summed E-state index contributed by atoms with van der Waals surface area (Å²) in [6.45, 7) is 8.53. The highest BCUT2D eigenvalue weighted by molar-refractivity contribution is 7.99. The van der Waals surface area contributed by atoms with Gasteiger partial charge < -0.3 is 14.1 Å². The molecule has 10 aromatic rings. The normalized spacial score (nSPS) is 13.0. The summed E-state index contributed by atoms with van der Waals surface area (Å²) >= 11 is 1.84. The largest absolute Gasteiger partial charge is 0.457 e. The number of hydrogen-bond acceptors (Lipinski definition) is 4. The Kier molecular flexibility index (Phi) is 8.63. The monoisotopic (exact) mass is 825 g/mol. The van der Waals surface area contributed by atoms with Crippen molar-refractivity contribution in [1.29, 1.82) is 0 Å². The molecule has 0 saturated carbocycles. The first kappa shape index (κ1) is 37.0. The summed E-state index contributed by atoms with van der Waals surface area (Å²) in [6, 6.07) is 73.6. The van der Waals surface area contributed by atoms with Crippen LogP contribution < -0.4 is 9.64 Å². The van der Waals surface area contributed by atoms with Crippen molar-refractivity contribution in [1.82, 2.24) is 0 Å². The van der Waals surface area contributed by atoms with Crippen molar-refractivity contribution in [3.05, 3.63) is 253 Å². The van der Waals surface area contributed by atoms with Gasteiger partial charge in [-0.3, -0.25) is 0 Å². The second kappa shape index (κ2) is 14.7. The molecule has 9 aromatic carbocycles. The molecule has 12 rings (SSSR count). The third kappa shape index (κ3) is 5.76. The van der Waals surface area contributed by atoms with Crippen LogP contribution in [-0.4, -0.2) is 0 Å². The molecule has 3 nitrogen and oxygen atoms in total. The summed E-state index contributed by atoms with van der Waals surface area (Å²) in [4.78, 5) is 4.79. The topological polar surface area (TPSA) is 25.6 Å². The Morgan fingerprint density at radius 1 is 0.540 bits per heavy atom. The lowest BCUT2D eigenvalue weighted by molar-refractivity contribution is 0.515. The molecule has 0 N–H and O–H groups in total. The second-order valence-corrected chi connectivity index (χ2v) is 17.2. The smallest absolute Gasteiger partial charge is 0.159 e.